The summed E-state index contributed by atoms with van der Waals surface area (Å²) in [6.45, 7) is 5.80. The molecule has 0 bridgehead atoms. The van der Waals surface area contributed by atoms with E-state index in [1.54, 1.807) is 24.3 Å². The molecule has 1 aromatic heterocycles. The van der Waals surface area contributed by atoms with Gasteiger partial charge in [0, 0.05) is 29.5 Å². The second kappa shape index (κ2) is 7.86. The standard InChI is InChI=1S/C24H24O6/c1-4-6-15-11-21(25)29-20-12-17(9-10-18(15)20)28-22(26)14-27-19-8-5-7-16-13-24(2,3)30-23(16)19/h5,7-12H,4,6,13-14H2,1-3H3. The highest BCUT2D eigenvalue weighted by Crippen LogP contribution is 2.41. The highest BCUT2D eigenvalue weighted by molar-refractivity contribution is 5.83. The Morgan fingerprint density at radius 1 is 1.17 bits per heavy atom. The molecule has 2 heterocycles. The molecule has 0 fully saturated rings. The fourth-order valence-corrected chi connectivity index (χ4v) is 3.75. The fraction of sp³-hybridized carbons (Fsp3) is 0.333. The van der Waals surface area contributed by atoms with Gasteiger partial charge < -0.3 is 18.6 Å². The number of carbonyl (C=O) groups excluding carboxylic acids is 1. The third kappa shape index (κ3) is 4.17. The van der Waals surface area contributed by atoms with Crippen LogP contribution in [-0.4, -0.2) is 18.2 Å². The maximum Gasteiger partial charge on any atom is 0.349 e. The van der Waals surface area contributed by atoms with Crippen molar-refractivity contribution in [3.8, 4) is 17.2 Å². The van der Waals surface area contributed by atoms with Crippen LogP contribution in [0, 0.1) is 0 Å². The summed E-state index contributed by atoms with van der Waals surface area (Å²) in [5.41, 5.74) is 1.66. The minimum absolute atomic E-state index is 0.266. The van der Waals surface area contributed by atoms with Crippen molar-refractivity contribution in [2.45, 2.75) is 45.6 Å². The van der Waals surface area contributed by atoms with E-state index in [9.17, 15) is 9.59 Å². The van der Waals surface area contributed by atoms with E-state index in [1.165, 1.54) is 6.07 Å². The van der Waals surface area contributed by atoms with Crippen molar-refractivity contribution in [1.82, 2.24) is 0 Å². The zero-order valence-corrected chi connectivity index (χ0v) is 17.3. The Morgan fingerprint density at radius 3 is 2.80 bits per heavy atom. The summed E-state index contributed by atoms with van der Waals surface area (Å²) in [7, 11) is 0. The van der Waals surface area contributed by atoms with Gasteiger partial charge in [0.2, 0.25) is 0 Å². The average molecular weight is 408 g/mol. The lowest BCUT2D eigenvalue weighted by molar-refractivity contribution is -0.136. The Balaban J connectivity index is 1.46. The van der Waals surface area contributed by atoms with Gasteiger partial charge in [0.25, 0.3) is 0 Å². The molecule has 0 spiro atoms. The molecule has 0 saturated heterocycles. The molecule has 6 nitrogen and oxygen atoms in total. The Morgan fingerprint density at radius 2 is 2.00 bits per heavy atom. The summed E-state index contributed by atoms with van der Waals surface area (Å²) in [4.78, 5) is 24.1. The molecule has 2 aromatic carbocycles. The minimum atomic E-state index is -0.559. The molecule has 156 valence electrons. The van der Waals surface area contributed by atoms with Crippen LogP contribution in [0.25, 0.3) is 11.0 Å². The Labute approximate surface area is 174 Å². The molecule has 0 amide bonds. The first-order valence-corrected chi connectivity index (χ1v) is 10.1. The van der Waals surface area contributed by atoms with E-state index in [2.05, 4.69) is 0 Å². The molecule has 0 aliphatic carbocycles. The number of hydrogen-bond acceptors (Lipinski definition) is 6. The van der Waals surface area contributed by atoms with Crippen molar-refractivity contribution < 1.29 is 23.4 Å². The van der Waals surface area contributed by atoms with E-state index in [1.807, 2.05) is 32.9 Å². The molecule has 30 heavy (non-hydrogen) atoms. The number of ether oxygens (including phenoxy) is 3. The average Bonchev–Trinajstić information content (AvgIpc) is 3.00. The van der Waals surface area contributed by atoms with Gasteiger partial charge in [0.15, 0.2) is 18.1 Å². The zero-order valence-electron chi connectivity index (χ0n) is 17.3. The smallest absolute Gasteiger partial charge is 0.349 e. The van der Waals surface area contributed by atoms with Gasteiger partial charge in [0.05, 0.1) is 0 Å². The molecular formula is C24H24O6. The molecule has 4 rings (SSSR count). The number of esters is 1. The lowest BCUT2D eigenvalue weighted by Gasteiger charge is -2.18. The summed E-state index contributed by atoms with van der Waals surface area (Å²) in [5, 5.41) is 0.840. The van der Waals surface area contributed by atoms with Crippen LogP contribution in [0.15, 0.2) is 51.7 Å². The lowest BCUT2D eigenvalue weighted by Crippen LogP contribution is -2.25. The van der Waals surface area contributed by atoms with Crippen LogP contribution >= 0.6 is 0 Å². The largest absolute Gasteiger partial charge is 0.483 e. The van der Waals surface area contributed by atoms with Gasteiger partial charge in [-0.25, -0.2) is 9.59 Å². The SMILES string of the molecule is CCCc1cc(=O)oc2cc(OC(=O)COc3cccc4c3OC(C)(C)C4)ccc12. The highest BCUT2D eigenvalue weighted by Gasteiger charge is 2.32. The predicted octanol–water partition coefficient (Wildman–Crippen LogP) is 4.44. The number of fused-ring (bicyclic) bond motifs is 2. The third-order valence-electron chi connectivity index (χ3n) is 4.95. The Bertz CT molecular complexity index is 1160. The van der Waals surface area contributed by atoms with E-state index in [-0.39, 0.29) is 12.2 Å². The van der Waals surface area contributed by atoms with Gasteiger partial charge in [-0.15, -0.1) is 0 Å². The molecule has 0 unspecified atom stereocenters. The second-order valence-corrected chi connectivity index (χ2v) is 8.04. The Hall–Kier alpha value is -3.28. The van der Waals surface area contributed by atoms with Gasteiger partial charge in [-0.3, -0.25) is 0 Å². The topological polar surface area (TPSA) is 75.0 Å². The normalized spacial score (nSPS) is 14.2. The van der Waals surface area contributed by atoms with Crippen LogP contribution < -0.4 is 19.8 Å². The summed E-state index contributed by atoms with van der Waals surface area (Å²) >= 11 is 0. The van der Waals surface area contributed by atoms with Crippen molar-refractivity contribution in [1.29, 1.82) is 0 Å². The van der Waals surface area contributed by atoms with E-state index < -0.39 is 11.6 Å². The van der Waals surface area contributed by atoms with Crippen molar-refractivity contribution in [3.05, 3.63) is 64.0 Å². The quantitative estimate of drug-likeness (QED) is 0.341. The number of rotatable bonds is 6. The molecule has 6 heteroatoms. The summed E-state index contributed by atoms with van der Waals surface area (Å²) in [6.07, 6.45) is 2.47. The summed E-state index contributed by atoms with van der Waals surface area (Å²) in [5.74, 6) is 0.926. The highest BCUT2D eigenvalue weighted by atomic mass is 16.6. The summed E-state index contributed by atoms with van der Waals surface area (Å²) in [6, 6.07) is 12.2. The van der Waals surface area contributed by atoms with Gasteiger partial charge in [-0.05, 0) is 44.0 Å². The van der Waals surface area contributed by atoms with Crippen LogP contribution in [0.2, 0.25) is 0 Å². The Kier molecular flexibility index (Phi) is 5.24. The molecule has 0 N–H and O–H groups in total. The van der Waals surface area contributed by atoms with Gasteiger partial charge >= 0.3 is 11.6 Å². The molecular weight excluding hydrogens is 384 g/mol. The van der Waals surface area contributed by atoms with Gasteiger partial charge in [-0.1, -0.05) is 25.5 Å². The van der Waals surface area contributed by atoms with Crippen LogP contribution in [-0.2, 0) is 17.6 Å². The summed E-state index contributed by atoms with van der Waals surface area (Å²) < 4.78 is 22.3. The number of benzene rings is 2. The zero-order chi connectivity index (χ0) is 21.3. The van der Waals surface area contributed by atoms with Gasteiger partial charge in [-0.2, -0.15) is 0 Å². The van der Waals surface area contributed by atoms with Crippen molar-refractivity contribution in [2.75, 3.05) is 6.61 Å². The van der Waals surface area contributed by atoms with E-state index in [0.29, 0.717) is 22.8 Å². The molecule has 3 aromatic rings. The number of carbonyl (C=O) groups is 1. The first kappa shape index (κ1) is 20.0. The molecule has 0 atom stereocenters. The van der Waals surface area contributed by atoms with Crippen molar-refractivity contribution >= 4 is 16.9 Å². The van der Waals surface area contributed by atoms with Crippen molar-refractivity contribution in [3.63, 3.8) is 0 Å². The van der Waals surface area contributed by atoms with Crippen LogP contribution in [0.4, 0.5) is 0 Å². The molecule has 0 radical (unpaired) electrons. The van der Waals surface area contributed by atoms with Crippen LogP contribution in [0.1, 0.15) is 38.3 Å². The molecule has 0 saturated carbocycles. The second-order valence-electron chi connectivity index (χ2n) is 8.04. The molecule has 1 aliphatic heterocycles. The maximum atomic E-state index is 12.3. The predicted molar refractivity (Wildman–Crippen MR) is 112 cm³/mol. The van der Waals surface area contributed by atoms with E-state index in [4.69, 9.17) is 18.6 Å². The first-order valence-electron chi connectivity index (χ1n) is 10.1. The first-order chi connectivity index (χ1) is 14.3. The molecule has 1 aliphatic rings. The third-order valence-corrected chi connectivity index (χ3v) is 4.95. The maximum absolute atomic E-state index is 12.3. The monoisotopic (exact) mass is 408 g/mol. The van der Waals surface area contributed by atoms with Crippen LogP contribution in [0.5, 0.6) is 17.2 Å². The van der Waals surface area contributed by atoms with Crippen LogP contribution in [0.3, 0.4) is 0 Å². The lowest BCUT2D eigenvalue weighted by atomic mass is 10.0. The number of para-hydroxylation sites is 1. The van der Waals surface area contributed by atoms with E-state index in [0.717, 1.165) is 35.8 Å². The number of hydrogen-bond donors (Lipinski definition) is 0. The minimum Gasteiger partial charge on any atom is -0.483 e. The van der Waals surface area contributed by atoms with Crippen molar-refractivity contribution in [2.24, 2.45) is 0 Å². The van der Waals surface area contributed by atoms with E-state index >= 15 is 0 Å². The number of aryl methyl sites for hydroxylation is 1. The van der Waals surface area contributed by atoms with Gasteiger partial charge in [0.1, 0.15) is 16.9 Å². The fourth-order valence-electron chi connectivity index (χ4n) is 3.75.